The molecule has 2 aromatic rings. The average Bonchev–Trinajstić information content (AvgIpc) is 3.47. The van der Waals surface area contributed by atoms with Crippen LogP contribution in [0.4, 0.5) is 15.0 Å². The van der Waals surface area contributed by atoms with Crippen molar-refractivity contribution in [2.45, 2.75) is 64.6 Å². The van der Waals surface area contributed by atoms with Crippen LogP contribution in [-0.4, -0.2) is 53.0 Å². The number of hydrogen-bond acceptors (Lipinski definition) is 7. The van der Waals surface area contributed by atoms with Gasteiger partial charge in [0, 0.05) is 31.5 Å². The fraction of sp³-hybridized carbons (Fsp3) is 0.565. The van der Waals surface area contributed by atoms with Gasteiger partial charge in [0.2, 0.25) is 5.43 Å². The van der Waals surface area contributed by atoms with Crippen molar-refractivity contribution in [3.63, 3.8) is 0 Å². The molecule has 2 aromatic heterocycles. The van der Waals surface area contributed by atoms with Gasteiger partial charge in [-0.1, -0.05) is 0 Å². The number of amides is 1. The van der Waals surface area contributed by atoms with Gasteiger partial charge in [-0.25, -0.2) is 19.0 Å². The Bertz CT molecular complexity index is 1150. The fourth-order valence-corrected chi connectivity index (χ4v) is 4.05. The summed E-state index contributed by atoms with van der Waals surface area (Å²) in [4.78, 5) is 43.2. The van der Waals surface area contributed by atoms with Crippen LogP contribution in [0.25, 0.3) is 10.9 Å². The van der Waals surface area contributed by atoms with Gasteiger partial charge in [0.15, 0.2) is 11.6 Å². The van der Waals surface area contributed by atoms with Crippen LogP contribution in [0.1, 0.15) is 63.4 Å². The quantitative estimate of drug-likeness (QED) is 0.684. The maximum Gasteiger partial charge on any atom is 0.407 e. The molecule has 4 rings (SSSR count). The normalized spacial score (nSPS) is 18.5. The number of ether oxygens (including phenoxy) is 2. The predicted octanol–water partition coefficient (Wildman–Crippen LogP) is 3.15. The summed E-state index contributed by atoms with van der Waals surface area (Å²) in [5.41, 5.74) is -1.18. The number of rotatable bonds is 5. The molecule has 1 aliphatic carbocycles. The van der Waals surface area contributed by atoms with Crippen LogP contribution in [-0.2, 0) is 9.47 Å². The molecule has 0 bridgehead atoms. The minimum absolute atomic E-state index is 0.0196. The average molecular weight is 461 g/mol. The topological polar surface area (TPSA) is 103 Å². The first-order valence-corrected chi connectivity index (χ1v) is 11.2. The highest BCUT2D eigenvalue weighted by Gasteiger charge is 2.32. The van der Waals surface area contributed by atoms with E-state index >= 15 is 4.39 Å². The third-order valence-corrected chi connectivity index (χ3v) is 5.64. The van der Waals surface area contributed by atoms with E-state index in [0.717, 1.165) is 12.8 Å². The largest absolute Gasteiger partial charge is 0.462 e. The minimum Gasteiger partial charge on any atom is -0.462 e. The molecule has 1 saturated carbocycles. The van der Waals surface area contributed by atoms with Crippen LogP contribution in [0.2, 0.25) is 0 Å². The monoisotopic (exact) mass is 460 g/mol. The second-order valence-corrected chi connectivity index (χ2v) is 9.47. The van der Waals surface area contributed by atoms with Crippen molar-refractivity contribution in [2.24, 2.45) is 0 Å². The Morgan fingerprint density at radius 1 is 1.27 bits per heavy atom. The van der Waals surface area contributed by atoms with Crippen LogP contribution < -0.4 is 15.6 Å². The smallest absolute Gasteiger partial charge is 0.407 e. The summed E-state index contributed by atoms with van der Waals surface area (Å²) in [6, 6.07) is -0.195. The highest BCUT2D eigenvalue weighted by Crippen LogP contribution is 2.38. The number of halogens is 1. The number of alkyl carbamates (subject to hydrolysis) is 1. The van der Waals surface area contributed by atoms with Crippen molar-refractivity contribution < 1.29 is 23.5 Å². The summed E-state index contributed by atoms with van der Waals surface area (Å²) < 4.78 is 27.7. The van der Waals surface area contributed by atoms with Crippen molar-refractivity contribution in [1.29, 1.82) is 0 Å². The fourth-order valence-electron chi connectivity index (χ4n) is 4.05. The number of nitrogens with one attached hydrogen (secondary N) is 1. The van der Waals surface area contributed by atoms with E-state index in [1.807, 2.05) is 0 Å². The molecule has 1 atom stereocenters. The molecule has 1 N–H and O–H groups in total. The lowest BCUT2D eigenvalue weighted by molar-refractivity contribution is 0.0503. The molecule has 2 aliphatic rings. The molecule has 0 spiro atoms. The lowest BCUT2D eigenvalue weighted by Gasteiger charge is -2.23. The van der Waals surface area contributed by atoms with Crippen LogP contribution in [0, 0.1) is 5.82 Å². The molecule has 9 nitrogen and oxygen atoms in total. The number of carbonyl (C=O) groups is 2. The molecule has 2 fully saturated rings. The van der Waals surface area contributed by atoms with E-state index < -0.39 is 28.9 Å². The van der Waals surface area contributed by atoms with Crippen molar-refractivity contribution in [1.82, 2.24) is 14.9 Å². The predicted molar refractivity (Wildman–Crippen MR) is 120 cm³/mol. The molecular formula is C23H29FN4O5. The zero-order valence-electron chi connectivity index (χ0n) is 19.3. The van der Waals surface area contributed by atoms with Crippen molar-refractivity contribution in [3.8, 4) is 0 Å². The zero-order valence-corrected chi connectivity index (χ0v) is 19.3. The molecule has 0 radical (unpaired) electrons. The van der Waals surface area contributed by atoms with E-state index in [1.54, 1.807) is 37.2 Å². The van der Waals surface area contributed by atoms with Crippen LogP contribution >= 0.6 is 0 Å². The molecule has 3 heterocycles. The third-order valence-electron chi connectivity index (χ3n) is 5.64. The molecular weight excluding hydrogens is 431 g/mol. The Hall–Kier alpha value is -3.17. The molecule has 1 unspecified atom stereocenters. The summed E-state index contributed by atoms with van der Waals surface area (Å²) in [7, 11) is 0. The minimum atomic E-state index is -0.723. The van der Waals surface area contributed by atoms with Gasteiger partial charge in [0.1, 0.15) is 11.2 Å². The maximum atomic E-state index is 15.8. The molecule has 1 aliphatic heterocycles. The van der Waals surface area contributed by atoms with Gasteiger partial charge in [0.25, 0.3) is 0 Å². The number of aromatic nitrogens is 2. The SMILES string of the molecule is CCOC(=O)c1cn(C2CC2)c2c(F)c(N3CCC(NC(=O)OC(C)(C)C)C3)ncc2c1=O. The summed E-state index contributed by atoms with van der Waals surface area (Å²) in [5, 5.41) is 2.86. The summed E-state index contributed by atoms with van der Waals surface area (Å²) in [6.45, 7) is 8.01. The molecule has 178 valence electrons. The molecule has 1 saturated heterocycles. The molecule has 1 amide bonds. The molecule has 33 heavy (non-hydrogen) atoms. The number of fused-ring (bicyclic) bond motifs is 1. The zero-order chi connectivity index (χ0) is 23.9. The number of nitrogens with zero attached hydrogens (tertiary/aromatic N) is 3. The Morgan fingerprint density at radius 3 is 2.64 bits per heavy atom. The Labute approximate surface area is 190 Å². The van der Waals surface area contributed by atoms with Gasteiger partial charge < -0.3 is 24.3 Å². The Kier molecular flexibility index (Phi) is 6.02. The summed E-state index contributed by atoms with van der Waals surface area (Å²) in [6.07, 6.45) is 4.49. The Morgan fingerprint density at radius 2 is 2.00 bits per heavy atom. The first-order valence-electron chi connectivity index (χ1n) is 11.2. The van der Waals surface area contributed by atoms with Gasteiger partial charge in [-0.2, -0.15) is 0 Å². The lowest BCUT2D eigenvalue weighted by atomic mass is 10.1. The molecule has 0 aromatic carbocycles. The van der Waals surface area contributed by atoms with Gasteiger partial charge in [-0.3, -0.25) is 4.79 Å². The van der Waals surface area contributed by atoms with E-state index in [4.69, 9.17) is 9.47 Å². The number of esters is 1. The van der Waals surface area contributed by atoms with Gasteiger partial charge in [0.05, 0.1) is 23.6 Å². The first kappa shape index (κ1) is 23.0. The van der Waals surface area contributed by atoms with Crippen molar-refractivity contribution >= 4 is 28.8 Å². The van der Waals surface area contributed by atoms with E-state index in [-0.39, 0.29) is 41.0 Å². The summed E-state index contributed by atoms with van der Waals surface area (Å²) in [5.74, 6) is -1.21. The maximum absolute atomic E-state index is 15.8. The van der Waals surface area contributed by atoms with Crippen molar-refractivity contribution in [3.05, 3.63) is 34.0 Å². The second-order valence-electron chi connectivity index (χ2n) is 9.47. The van der Waals surface area contributed by atoms with Crippen LogP contribution in [0.5, 0.6) is 0 Å². The van der Waals surface area contributed by atoms with Crippen LogP contribution in [0.3, 0.4) is 0 Å². The summed E-state index contributed by atoms with van der Waals surface area (Å²) >= 11 is 0. The van der Waals surface area contributed by atoms with E-state index in [9.17, 15) is 14.4 Å². The number of hydrogen-bond donors (Lipinski definition) is 1. The third kappa shape index (κ3) is 4.79. The van der Waals surface area contributed by atoms with Crippen molar-refractivity contribution in [2.75, 3.05) is 24.6 Å². The lowest BCUT2D eigenvalue weighted by Crippen LogP contribution is -2.40. The molecule has 10 heteroatoms. The van der Waals surface area contributed by atoms with E-state index in [2.05, 4.69) is 10.3 Å². The highest BCUT2D eigenvalue weighted by atomic mass is 19.1. The van der Waals surface area contributed by atoms with Crippen LogP contribution in [0.15, 0.2) is 17.2 Å². The number of carbonyl (C=O) groups excluding carboxylic acids is 2. The first-order chi connectivity index (χ1) is 15.6. The number of anilines is 1. The Balaban J connectivity index is 1.64. The van der Waals surface area contributed by atoms with Gasteiger partial charge in [-0.05, 0) is 47.0 Å². The highest BCUT2D eigenvalue weighted by molar-refractivity contribution is 5.94. The second kappa shape index (κ2) is 8.64. The van der Waals surface area contributed by atoms with Gasteiger partial charge in [-0.15, -0.1) is 0 Å². The standard InChI is InChI=1S/C23H29FN4O5/c1-5-32-21(30)16-12-28(14-6-7-14)18-15(19(16)29)10-25-20(17(18)24)27-9-8-13(11-27)26-22(31)33-23(2,3)4/h10,12-14H,5-9,11H2,1-4H3,(H,26,31). The van der Waals surface area contributed by atoms with E-state index in [1.165, 1.54) is 12.4 Å². The number of pyridine rings is 2. The van der Waals surface area contributed by atoms with E-state index in [0.29, 0.717) is 19.5 Å². The van der Waals surface area contributed by atoms with Gasteiger partial charge >= 0.3 is 12.1 Å².